The second-order valence-electron chi connectivity index (χ2n) is 6.77. The van der Waals surface area contributed by atoms with Gasteiger partial charge in [0.1, 0.15) is 17.7 Å². The van der Waals surface area contributed by atoms with Crippen LogP contribution in [0.4, 0.5) is 4.79 Å². The van der Waals surface area contributed by atoms with Gasteiger partial charge in [-0.15, -0.1) is 0 Å². The third-order valence-corrected chi connectivity index (χ3v) is 2.79. The lowest BCUT2D eigenvalue weighted by Gasteiger charge is -2.24. The van der Waals surface area contributed by atoms with Gasteiger partial charge >= 0.3 is 12.1 Å². The Kier molecular flexibility index (Phi) is 8.64. The van der Waals surface area contributed by atoms with Crippen LogP contribution in [-0.4, -0.2) is 42.3 Å². The summed E-state index contributed by atoms with van der Waals surface area (Å²) in [6.45, 7) is 12.5. The van der Waals surface area contributed by atoms with Crippen molar-refractivity contribution in [3.8, 4) is 0 Å². The highest BCUT2D eigenvalue weighted by atomic mass is 16.6. The molecule has 0 fully saturated rings. The highest BCUT2D eigenvalue weighted by molar-refractivity contribution is 5.89. The molecule has 0 aliphatic heterocycles. The molecule has 0 radical (unpaired) electrons. The molecule has 0 heterocycles. The summed E-state index contributed by atoms with van der Waals surface area (Å²) >= 11 is 0. The summed E-state index contributed by atoms with van der Waals surface area (Å²) in [5.41, 5.74) is -0.648. The minimum atomic E-state index is -0.829. The molecule has 23 heavy (non-hydrogen) atoms. The molecule has 0 aromatic rings. The number of alkyl carbamates (subject to hydrolysis) is 1. The molecule has 2 amide bonds. The molecule has 0 saturated carbocycles. The lowest BCUT2D eigenvalue weighted by Crippen LogP contribution is -2.53. The van der Waals surface area contributed by atoms with Gasteiger partial charge in [0.05, 0.1) is 6.61 Å². The summed E-state index contributed by atoms with van der Waals surface area (Å²) in [5, 5.41) is 5.05. The van der Waals surface area contributed by atoms with Crippen LogP contribution in [-0.2, 0) is 19.1 Å². The third-order valence-electron chi connectivity index (χ3n) is 2.79. The van der Waals surface area contributed by atoms with Crippen LogP contribution in [0.25, 0.3) is 0 Å². The van der Waals surface area contributed by atoms with Crippen molar-refractivity contribution in [2.45, 2.75) is 72.6 Å². The fraction of sp³-hybridized carbons (Fsp3) is 0.812. The first-order chi connectivity index (χ1) is 10.5. The zero-order valence-corrected chi connectivity index (χ0v) is 15.2. The van der Waals surface area contributed by atoms with Gasteiger partial charge in [0, 0.05) is 0 Å². The lowest BCUT2D eigenvalue weighted by molar-refractivity contribution is -0.149. The molecule has 134 valence electrons. The van der Waals surface area contributed by atoms with Crippen molar-refractivity contribution in [2.24, 2.45) is 5.92 Å². The maximum atomic E-state index is 12.1. The number of carbonyl (C=O) groups is 3. The van der Waals surface area contributed by atoms with Crippen LogP contribution in [0.1, 0.15) is 54.9 Å². The maximum absolute atomic E-state index is 12.1. The lowest BCUT2D eigenvalue weighted by atomic mass is 10.0. The first kappa shape index (κ1) is 21.2. The highest BCUT2D eigenvalue weighted by Gasteiger charge is 2.28. The Morgan fingerprint density at radius 2 is 1.61 bits per heavy atom. The molecule has 2 atom stereocenters. The van der Waals surface area contributed by atoms with E-state index in [1.165, 1.54) is 6.92 Å². The average molecular weight is 330 g/mol. The van der Waals surface area contributed by atoms with Gasteiger partial charge in [0.25, 0.3) is 0 Å². The van der Waals surface area contributed by atoms with Gasteiger partial charge in [-0.2, -0.15) is 0 Å². The van der Waals surface area contributed by atoms with Crippen molar-refractivity contribution in [2.75, 3.05) is 6.61 Å². The monoisotopic (exact) mass is 330 g/mol. The van der Waals surface area contributed by atoms with Crippen molar-refractivity contribution < 1.29 is 23.9 Å². The summed E-state index contributed by atoms with van der Waals surface area (Å²) < 4.78 is 10.2. The van der Waals surface area contributed by atoms with Gasteiger partial charge in [-0.3, -0.25) is 4.79 Å². The Balaban J connectivity index is 4.61. The minimum absolute atomic E-state index is 0.128. The largest absolute Gasteiger partial charge is 0.464 e. The van der Waals surface area contributed by atoms with E-state index in [0.29, 0.717) is 13.0 Å². The smallest absolute Gasteiger partial charge is 0.408 e. The van der Waals surface area contributed by atoms with E-state index in [4.69, 9.17) is 9.47 Å². The predicted molar refractivity (Wildman–Crippen MR) is 86.9 cm³/mol. The predicted octanol–water partition coefficient (Wildman–Crippen LogP) is 1.99. The van der Waals surface area contributed by atoms with Crippen LogP contribution in [0.15, 0.2) is 0 Å². The summed E-state index contributed by atoms with van der Waals surface area (Å²) in [6.07, 6.45) is 0.0241. The van der Waals surface area contributed by atoms with Gasteiger partial charge in [0.15, 0.2) is 0 Å². The Hall–Kier alpha value is -1.79. The van der Waals surface area contributed by atoms with Gasteiger partial charge in [-0.05, 0) is 40.0 Å². The van der Waals surface area contributed by atoms with E-state index in [1.807, 2.05) is 20.8 Å². The number of rotatable bonds is 7. The summed E-state index contributed by atoms with van der Waals surface area (Å²) in [5.74, 6) is -1.07. The van der Waals surface area contributed by atoms with E-state index in [9.17, 15) is 14.4 Å². The van der Waals surface area contributed by atoms with Crippen LogP contribution in [0.5, 0.6) is 0 Å². The van der Waals surface area contributed by atoms with E-state index in [2.05, 4.69) is 10.6 Å². The van der Waals surface area contributed by atoms with Gasteiger partial charge in [-0.25, -0.2) is 9.59 Å². The molecule has 0 aromatic carbocycles. The number of ether oxygens (including phenoxy) is 2. The van der Waals surface area contributed by atoms with Crippen LogP contribution in [0.3, 0.4) is 0 Å². The molecule has 0 aliphatic carbocycles. The fourth-order valence-electron chi connectivity index (χ4n) is 1.62. The fourth-order valence-corrected chi connectivity index (χ4v) is 1.62. The molecule has 0 saturated heterocycles. The summed E-state index contributed by atoms with van der Waals surface area (Å²) in [4.78, 5) is 35.8. The number of nitrogens with one attached hydrogen (secondary N) is 2. The molecular weight excluding hydrogens is 300 g/mol. The number of esters is 1. The normalized spacial score (nSPS) is 13.9. The zero-order chi connectivity index (χ0) is 18.2. The topological polar surface area (TPSA) is 93.7 Å². The number of amides is 2. The SMILES string of the molecule is CCCOC(=O)[C@H](NC(=O)[C@H](C)NC(=O)OC(C)(C)C)C(C)C. The van der Waals surface area contributed by atoms with Crippen molar-refractivity contribution in [3.05, 3.63) is 0 Å². The highest BCUT2D eigenvalue weighted by Crippen LogP contribution is 2.07. The molecule has 7 nitrogen and oxygen atoms in total. The van der Waals surface area contributed by atoms with Gasteiger partial charge in [0.2, 0.25) is 5.91 Å². The number of hydrogen-bond donors (Lipinski definition) is 2. The molecule has 0 unspecified atom stereocenters. The third kappa shape index (κ3) is 9.05. The molecule has 0 aliphatic rings. The Morgan fingerprint density at radius 1 is 1.04 bits per heavy atom. The first-order valence-electron chi connectivity index (χ1n) is 7.94. The molecule has 0 bridgehead atoms. The van der Waals surface area contributed by atoms with Crippen LogP contribution in [0.2, 0.25) is 0 Å². The molecular formula is C16H30N2O5. The van der Waals surface area contributed by atoms with Crippen molar-refractivity contribution in [1.29, 1.82) is 0 Å². The number of carbonyl (C=O) groups excluding carboxylic acids is 3. The Bertz CT molecular complexity index is 415. The average Bonchev–Trinajstić information content (AvgIpc) is 2.38. The quantitative estimate of drug-likeness (QED) is 0.696. The number of hydrogen-bond acceptors (Lipinski definition) is 5. The van der Waals surface area contributed by atoms with Gasteiger partial charge < -0.3 is 20.1 Å². The van der Waals surface area contributed by atoms with Crippen LogP contribution in [0, 0.1) is 5.92 Å². The maximum Gasteiger partial charge on any atom is 0.408 e. The van der Waals surface area contributed by atoms with Crippen molar-refractivity contribution in [3.63, 3.8) is 0 Å². The van der Waals surface area contributed by atoms with Crippen molar-refractivity contribution in [1.82, 2.24) is 10.6 Å². The molecule has 0 aromatic heterocycles. The minimum Gasteiger partial charge on any atom is -0.464 e. The second kappa shape index (κ2) is 9.37. The van der Waals surface area contributed by atoms with E-state index < -0.39 is 35.7 Å². The Morgan fingerprint density at radius 3 is 2.04 bits per heavy atom. The van der Waals surface area contributed by atoms with E-state index >= 15 is 0 Å². The molecule has 0 spiro atoms. The zero-order valence-electron chi connectivity index (χ0n) is 15.2. The van der Waals surface area contributed by atoms with Crippen LogP contribution >= 0.6 is 0 Å². The van der Waals surface area contributed by atoms with Crippen LogP contribution < -0.4 is 10.6 Å². The first-order valence-corrected chi connectivity index (χ1v) is 7.94. The molecule has 7 heteroatoms. The summed E-state index contributed by atoms with van der Waals surface area (Å²) in [7, 11) is 0. The second-order valence-corrected chi connectivity index (χ2v) is 6.77. The standard InChI is InChI=1S/C16H30N2O5/c1-8-9-22-14(20)12(10(2)3)18-13(19)11(4)17-15(21)23-16(5,6)7/h10-12H,8-9H2,1-7H3,(H,17,21)(H,18,19)/t11-,12+/m0/s1. The Labute approximate surface area is 138 Å². The summed E-state index contributed by atoms with van der Waals surface area (Å²) in [6, 6.07) is -1.58. The van der Waals surface area contributed by atoms with E-state index in [-0.39, 0.29) is 5.92 Å². The van der Waals surface area contributed by atoms with E-state index in [0.717, 1.165) is 0 Å². The van der Waals surface area contributed by atoms with Gasteiger partial charge in [-0.1, -0.05) is 20.8 Å². The molecule has 0 rings (SSSR count). The van der Waals surface area contributed by atoms with Crippen molar-refractivity contribution >= 4 is 18.0 Å². The molecule has 2 N–H and O–H groups in total. The van der Waals surface area contributed by atoms with E-state index in [1.54, 1.807) is 20.8 Å².